The number of halogens is 1. The minimum absolute atomic E-state index is 0.138. The van der Waals surface area contributed by atoms with Crippen molar-refractivity contribution >= 4 is 44.0 Å². The zero-order valence-corrected chi connectivity index (χ0v) is 7.61. The van der Waals surface area contributed by atoms with Gasteiger partial charge in [0.2, 0.25) is 11.2 Å². The van der Waals surface area contributed by atoms with Gasteiger partial charge in [-0.3, -0.25) is 4.79 Å². The summed E-state index contributed by atoms with van der Waals surface area (Å²) < 4.78 is 6.00. The first-order chi connectivity index (χ1) is 5.29. The number of nitrogens with zero attached hydrogens (tertiary/aromatic N) is 1. The van der Waals surface area contributed by atoms with Crippen molar-refractivity contribution in [2.45, 2.75) is 0 Å². The predicted molar refractivity (Wildman–Crippen MR) is 45.0 cm³/mol. The average Bonchev–Trinajstić information content (AvgIpc) is 2.43. The molecule has 0 aliphatic rings. The lowest BCUT2D eigenvalue weighted by atomic mass is 10.6. The number of oxazole rings is 1. The van der Waals surface area contributed by atoms with Gasteiger partial charge >= 0.3 is 0 Å². The fraction of sp³-hybridized carbons (Fsp3) is 0. The summed E-state index contributed by atoms with van der Waals surface area (Å²) in [6, 6.07) is 1.82. The van der Waals surface area contributed by atoms with Crippen molar-refractivity contribution in [3.05, 3.63) is 15.7 Å². The Kier molecular flexibility index (Phi) is 1.54. The molecule has 56 valence electrons. The molecule has 5 heteroatoms. The molecule has 2 aromatic rings. The van der Waals surface area contributed by atoms with E-state index in [1.54, 1.807) is 0 Å². The van der Waals surface area contributed by atoms with Crippen molar-refractivity contribution in [3.63, 3.8) is 0 Å². The van der Waals surface area contributed by atoms with Gasteiger partial charge in [0.05, 0.1) is 3.79 Å². The van der Waals surface area contributed by atoms with Crippen LogP contribution in [-0.2, 0) is 0 Å². The highest BCUT2D eigenvalue weighted by molar-refractivity contribution is 9.11. The molecule has 11 heavy (non-hydrogen) atoms. The minimum atomic E-state index is 0.138. The highest BCUT2D eigenvalue weighted by Gasteiger charge is 2.07. The second-order valence-corrected chi connectivity index (χ2v) is 4.29. The summed E-state index contributed by atoms with van der Waals surface area (Å²) in [5.41, 5.74) is 0.726. The van der Waals surface area contributed by atoms with Gasteiger partial charge in [-0.2, -0.15) is 0 Å². The molecule has 0 amide bonds. The lowest BCUT2D eigenvalue weighted by Gasteiger charge is -1.73. The number of thiophene rings is 1. The van der Waals surface area contributed by atoms with E-state index in [0.29, 0.717) is 11.2 Å². The number of aldehydes is 1. The van der Waals surface area contributed by atoms with E-state index in [4.69, 9.17) is 4.42 Å². The molecule has 0 saturated heterocycles. The summed E-state index contributed by atoms with van der Waals surface area (Å²) in [6.07, 6.45) is 0.598. The lowest BCUT2D eigenvalue weighted by Crippen LogP contribution is -1.74. The molecule has 0 bridgehead atoms. The largest absolute Gasteiger partial charge is 0.423 e. The maximum atomic E-state index is 10.2. The van der Waals surface area contributed by atoms with E-state index in [2.05, 4.69) is 20.9 Å². The summed E-state index contributed by atoms with van der Waals surface area (Å²) in [5, 5.41) is 0. The zero-order chi connectivity index (χ0) is 7.84. The van der Waals surface area contributed by atoms with Crippen molar-refractivity contribution in [1.82, 2.24) is 4.98 Å². The molecule has 0 N–H and O–H groups in total. The van der Waals surface area contributed by atoms with Crippen molar-refractivity contribution < 1.29 is 9.21 Å². The van der Waals surface area contributed by atoms with E-state index in [0.717, 1.165) is 9.30 Å². The van der Waals surface area contributed by atoms with Crippen molar-refractivity contribution in [1.29, 1.82) is 0 Å². The van der Waals surface area contributed by atoms with Crippen LogP contribution in [0.4, 0.5) is 0 Å². The van der Waals surface area contributed by atoms with E-state index < -0.39 is 0 Å². The Hall–Kier alpha value is -0.680. The van der Waals surface area contributed by atoms with Crippen LogP contribution in [0, 0.1) is 0 Å². The number of fused-ring (bicyclic) bond motifs is 1. The van der Waals surface area contributed by atoms with Gasteiger partial charge in [0.1, 0.15) is 5.52 Å². The zero-order valence-electron chi connectivity index (χ0n) is 5.20. The fourth-order valence-corrected chi connectivity index (χ4v) is 2.12. The topological polar surface area (TPSA) is 43.1 Å². The minimum Gasteiger partial charge on any atom is -0.423 e. The third-order valence-electron chi connectivity index (χ3n) is 1.18. The first kappa shape index (κ1) is 7.00. The fourth-order valence-electron chi connectivity index (χ4n) is 0.775. The number of rotatable bonds is 1. The summed E-state index contributed by atoms with van der Waals surface area (Å²) in [6.45, 7) is 0. The van der Waals surface area contributed by atoms with Crippen molar-refractivity contribution in [2.24, 2.45) is 0 Å². The molecular weight excluding hydrogens is 230 g/mol. The molecule has 2 heterocycles. The first-order valence-electron chi connectivity index (χ1n) is 2.80. The van der Waals surface area contributed by atoms with Gasteiger partial charge in [0, 0.05) is 0 Å². The third kappa shape index (κ3) is 1.10. The molecular formula is C6H2BrNO2S. The van der Waals surface area contributed by atoms with Gasteiger partial charge in [-0.15, -0.1) is 0 Å². The summed E-state index contributed by atoms with van der Waals surface area (Å²) >= 11 is 4.70. The van der Waals surface area contributed by atoms with Gasteiger partial charge < -0.3 is 4.42 Å². The molecule has 0 atom stereocenters. The maximum absolute atomic E-state index is 10.2. The van der Waals surface area contributed by atoms with E-state index in [1.807, 2.05) is 6.07 Å². The van der Waals surface area contributed by atoms with Crippen molar-refractivity contribution in [3.8, 4) is 0 Å². The number of carbonyl (C=O) groups excluding carboxylic acids is 1. The molecule has 3 nitrogen and oxygen atoms in total. The number of hydrogen-bond donors (Lipinski definition) is 0. The Bertz CT molecular complexity index is 374. The average molecular weight is 232 g/mol. The molecule has 0 unspecified atom stereocenters. The van der Waals surface area contributed by atoms with Crippen LogP contribution in [-0.4, -0.2) is 11.3 Å². The maximum Gasteiger partial charge on any atom is 0.261 e. The molecule has 2 aromatic heterocycles. The molecule has 0 radical (unpaired) electrons. The van der Waals surface area contributed by atoms with E-state index in [9.17, 15) is 4.79 Å². The molecule has 0 saturated carbocycles. The molecule has 0 aliphatic carbocycles. The predicted octanol–water partition coefficient (Wildman–Crippen LogP) is 2.46. The van der Waals surface area contributed by atoms with Crippen LogP contribution in [0.1, 0.15) is 10.7 Å². The Morgan fingerprint density at radius 3 is 3.18 bits per heavy atom. The van der Waals surface area contributed by atoms with Crippen LogP contribution in [0.2, 0.25) is 0 Å². The van der Waals surface area contributed by atoms with E-state index in [-0.39, 0.29) is 5.89 Å². The Morgan fingerprint density at radius 2 is 2.55 bits per heavy atom. The SMILES string of the molecule is O=Cc1nc2cc(Br)sc2o1. The Morgan fingerprint density at radius 1 is 1.73 bits per heavy atom. The highest BCUT2D eigenvalue weighted by atomic mass is 79.9. The molecule has 0 aliphatic heterocycles. The van der Waals surface area contributed by atoms with Crippen molar-refractivity contribution in [2.75, 3.05) is 0 Å². The molecule has 0 fully saturated rings. The quantitative estimate of drug-likeness (QED) is 0.709. The van der Waals surface area contributed by atoms with E-state index in [1.165, 1.54) is 11.3 Å². The second-order valence-electron chi connectivity index (χ2n) is 1.89. The van der Waals surface area contributed by atoms with Gasteiger partial charge in [-0.1, -0.05) is 11.3 Å². The monoisotopic (exact) mass is 231 g/mol. The first-order valence-corrected chi connectivity index (χ1v) is 4.41. The van der Waals surface area contributed by atoms with Crippen LogP contribution in [0.25, 0.3) is 10.4 Å². The van der Waals surface area contributed by atoms with Crippen LogP contribution >= 0.6 is 27.3 Å². The summed E-state index contributed by atoms with van der Waals surface area (Å²) in [7, 11) is 0. The van der Waals surface area contributed by atoms with Crippen LogP contribution in [0.15, 0.2) is 14.3 Å². The molecule has 0 spiro atoms. The molecule has 2 rings (SSSR count). The smallest absolute Gasteiger partial charge is 0.261 e. The van der Waals surface area contributed by atoms with Gasteiger partial charge in [0.25, 0.3) is 5.89 Å². The lowest BCUT2D eigenvalue weighted by molar-refractivity contribution is 0.109. The highest BCUT2D eigenvalue weighted by Crippen LogP contribution is 2.29. The third-order valence-corrected chi connectivity index (χ3v) is 2.68. The van der Waals surface area contributed by atoms with Gasteiger partial charge in [-0.05, 0) is 22.0 Å². The standard InChI is InChI=1S/C6H2BrNO2S/c7-4-1-3-6(11-4)10-5(2-9)8-3/h1-2H. The number of aromatic nitrogens is 1. The second kappa shape index (κ2) is 2.42. The van der Waals surface area contributed by atoms with Crippen LogP contribution in [0.5, 0.6) is 0 Å². The Balaban J connectivity index is 2.72. The normalized spacial score (nSPS) is 10.6. The molecule has 0 aromatic carbocycles. The van der Waals surface area contributed by atoms with Gasteiger partial charge in [0.15, 0.2) is 0 Å². The summed E-state index contributed by atoms with van der Waals surface area (Å²) in [5.74, 6) is 0.138. The summed E-state index contributed by atoms with van der Waals surface area (Å²) in [4.78, 5) is 14.8. The Labute approximate surface area is 74.2 Å². The van der Waals surface area contributed by atoms with E-state index >= 15 is 0 Å². The number of hydrogen-bond acceptors (Lipinski definition) is 4. The van der Waals surface area contributed by atoms with Gasteiger partial charge in [-0.25, -0.2) is 4.98 Å². The van der Waals surface area contributed by atoms with Crippen LogP contribution in [0.3, 0.4) is 0 Å². The number of carbonyl (C=O) groups is 1. The van der Waals surface area contributed by atoms with Crippen LogP contribution < -0.4 is 0 Å².